The van der Waals surface area contributed by atoms with Crippen molar-refractivity contribution in [1.82, 2.24) is 15.3 Å². The Morgan fingerprint density at radius 3 is 2.59 bits per heavy atom. The van der Waals surface area contributed by atoms with Crippen molar-refractivity contribution in [3.05, 3.63) is 59.4 Å². The summed E-state index contributed by atoms with van der Waals surface area (Å²) in [5.74, 6) is 1.31. The number of amides is 1. The normalized spacial score (nSPS) is 16.1. The molecule has 1 atom stereocenters. The van der Waals surface area contributed by atoms with Crippen molar-refractivity contribution in [2.45, 2.75) is 44.6 Å². The summed E-state index contributed by atoms with van der Waals surface area (Å²) in [5.41, 5.74) is 0.204. The Bertz CT molecular complexity index is 984. The number of carbonyl (C=O) groups excluding carboxylic acids is 1. The molecule has 1 aromatic carbocycles. The van der Waals surface area contributed by atoms with Gasteiger partial charge in [-0.25, -0.2) is 13.4 Å². The van der Waals surface area contributed by atoms with Gasteiger partial charge in [0.25, 0.3) is 5.91 Å². The molecule has 0 unspecified atom stereocenters. The summed E-state index contributed by atoms with van der Waals surface area (Å²) < 4.78 is 28.4. The molecule has 7 nitrogen and oxygen atoms in total. The van der Waals surface area contributed by atoms with Gasteiger partial charge in [0.15, 0.2) is 9.84 Å². The average molecular weight is 416 g/mol. The van der Waals surface area contributed by atoms with Gasteiger partial charge in [-0.05, 0) is 31.9 Å². The second-order valence-electron chi connectivity index (χ2n) is 7.26. The maximum atomic E-state index is 12.8. The third-order valence-corrected chi connectivity index (χ3v) is 5.32. The van der Waals surface area contributed by atoms with Crippen LogP contribution in [0.3, 0.4) is 0 Å². The first-order valence-corrected chi connectivity index (χ1v) is 11.6. The number of rotatable bonds is 7. The van der Waals surface area contributed by atoms with Crippen molar-refractivity contribution in [3.63, 3.8) is 0 Å². The highest BCUT2D eigenvalue weighted by atomic mass is 32.2. The minimum absolute atomic E-state index is 0.199. The Balaban J connectivity index is 1.85. The van der Waals surface area contributed by atoms with Crippen LogP contribution in [0.25, 0.3) is 0 Å². The summed E-state index contributed by atoms with van der Waals surface area (Å²) in [4.78, 5) is 21.7. The van der Waals surface area contributed by atoms with E-state index in [9.17, 15) is 13.2 Å². The quantitative estimate of drug-likeness (QED) is 0.742. The van der Waals surface area contributed by atoms with Gasteiger partial charge >= 0.3 is 0 Å². The third kappa shape index (κ3) is 6.12. The summed E-state index contributed by atoms with van der Waals surface area (Å²) in [6.07, 6.45) is 8.36. The van der Waals surface area contributed by atoms with Crippen LogP contribution in [0, 0.1) is 0 Å². The summed E-state index contributed by atoms with van der Waals surface area (Å²) in [6.45, 7) is 1.69. The Labute approximate surface area is 171 Å². The molecule has 1 aliphatic rings. The number of nitrogens with zero attached hydrogens (tertiary/aromatic N) is 2. The second-order valence-corrected chi connectivity index (χ2v) is 9.19. The van der Waals surface area contributed by atoms with Crippen LogP contribution in [0.5, 0.6) is 11.6 Å². The molecule has 1 aliphatic carbocycles. The maximum Gasteiger partial charge on any atom is 0.258 e. The second kappa shape index (κ2) is 9.17. The van der Waals surface area contributed by atoms with Crippen LogP contribution in [0.1, 0.15) is 54.7 Å². The van der Waals surface area contributed by atoms with Crippen LogP contribution in [0.15, 0.2) is 48.0 Å². The molecule has 8 heteroatoms. The van der Waals surface area contributed by atoms with E-state index in [-0.39, 0.29) is 17.4 Å². The van der Waals surface area contributed by atoms with Crippen molar-refractivity contribution in [2.75, 3.05) is 6.26 Å². The fourth-order valence-corrected chi connectivity index (χ4v) is 3.71. The molecular weight excluding hydrogens is 390 g/mol. The van der Waals surface area contributed by atoms with Crippen molar-refractivity contribution in [2.24, 2.45) is 0 Å². The van der Waals surface area contributed by atoms with E-state index in [0.29, 0.717) is 11.6 Å². The van der Waals surface area contributed by atoms with E-state index >= 15 is 0 Å². The smallest absolute Gasteiger partial charge is 0.258 e. The molecule has 0 saturated heterocycles. The van der Waals surface area contributed by atoms with Gasteiger partial charge in [0.05, 0.1) is 0 Å². The summed E-state index contributed by atoms with van der Waals surface area (Å²) in [7, 11) is -3.26. The van der Waals surface area contributed by atoms with E-state index in [0.717, 1.165) is 37.3 Å². The first-order valence-electron chi connectivity index (χ1n) is 9.61. The van der Waals surface area contributed by atoms with E-state index in [2.05, 4.69) is 15.3 Å². The zero-order chi connectivity index (χ0) is 20.9. The molecule has 1 N–H and O–H groups in total. The van der Waals surface area contributed by atoms with E-state index in [1.165, 1.54) is 12.3 Å². The zero-order valence-electron chi connectivity index (χ0n) is 16.5. The minimum Gasteiger partial charge on any atom is -0.438 e. The van der Waals surface area contributed by atoms with Crippen LogP contribution in [-0.4, -0.2) is 36.6 Å². The highest BCUT2D eigenvalue weighted by molar-refractivity contribution is 7.93. The number of nitrogens with one attached hydrogen (secondary N) is 1. The Morgan fingerprint density at radius 1 is 1.24 bits per heavy atom. The van der Waals surface area contributed by atoms with E-state index < -0.39 is 21.8 Å². The van der Waals surface area contributed by atoms with E-state index in [1.54, 1.807) is 19.1 Å². The highest BCUT2D eigenvalue weighted by Crippen LogP contribution is 2.33. The van der Waals surface area contributed by atoms with Crippen molar-refractivity contribution >= 4 is 15.7 Å². The van der Waals surface area contributed by atoms with Crippen molar-refractivity contribution in [1.29, 1.82) is 0 Å². The lowest BCUT2D eigenvalue weighted by Gasteiger charge is -2.15. The maximum absolute atomic E-state index is 12.8. The predicted molar refractivity (Wildman–Crippen MR) is 111 cm³/mol. The predicted octanol–water partition coefficient (Wildman–Crippen LogP) is 3.60. The van der Waals surface area contributed by atoms with Gasteiger partial charge in [-0.1, -0.05) is 37.1 Å². The van der Waals surface area contributed by atoms with Gasteiger partial charge in [0.1, 0.15) is 17.1 Å². The Hall–Kier alpha value is -2.74. The van der Waals surface area contributed by atoms with Crippen molar-refractivity contribution in [3.8, 4) is 11.6 Å². The van der Waals surface area contributed by atoms with Crippen LogP contribution in [-0.2, 0) is 9.84 Å². The van der Waals surface area contributed by atoms with Gasteiger partial charge in [0.2, 0.25) is 5.88 Å². The molecule has 2 aromatic rings. The van der Waals surface area contributed by atoms with Gasteiger partial charge < -0.3 is 10.1 Å². The van der Waals surface area contributed by atoms with Crippen LogP contribution >= 0.6 is 0 Å². The monoisotopic (exact) mass is 415 g/mol. The van der Waals surface area contributed by atoms with Gasteiger partial charge in [-0.2, -0.15) is 4.98 Å². The highest BCUT2D eigenvalue weighted by Gasteiger charge is 2.24. The molecule has 154 valence electrons. The van der Waals surface area contributed by atoms with Gasteiger partial charge in [-0.15, -0.1) is 0 Å². The molecule has 0 bridgehead atoms. The summed E-state index contributed by atoms with van der Waals surface area (Å²) in [5, 5.41) is 3.80. The molecule has 1 heterocycles. The van der Waals surface area contributed by atoms with Crippen LogP contribution in [0.4, 0.5) is 0 Å². The van der Waals surface area contributed by atoms with Crippen LogP contribution < -0.4 is 10.1 Å². The number of ether oxygens (including phenoxy) is 1. The number of hydrogen-bond acceptors (Lipinski definition) is 6. The molecular formula is C21H25N3O4S. The standard InChI is InChI=1S/C21H25N3O4S/c1-15(12-13-29(2,26)27)23-20(25)18-14-22-19(16-8-6-7-9-16)24-21(18)28-17-10-4-3-5-11-17/h3-5,10-16H,6-9H2,1-2H3,(H,23,25)/b13-12+/t15-/m1/s1. The third-order valence-electron chi connectivity index (χ3n) is 4.67. The SMILES string of the molecule is C[C@H](/C=C/S(C)(=O)=O)NC(=O)c1cnc(C2CCCC2)nc1Oc1ccccc1. The molecule has 29 heavy (non-hydrogen) atoms. The molecule has 0 spiro atoms. The lowest BCUT2D eigenvalue weighted by atomic mass is 10.1. The number of para-hydroxylation sites is 1. The molecule has 0 radical (unpaired) electrons. The molecule has 1 fully saturated rings. The first-order chi connectivity index (χ1) is 13.8. The van der Waals surface area contributed by atoms with E-state index in [1.807, 2.05) is 18.2 Å². The summed E-state index contributed by atoms with van der Waals surface area (Å²) >= 11 is 0. The van der Waals surface area contributed by atoms with Gasteiger partial charge in [-0.3, -0.25) is 4.79 Å². The average Bonchev–Trinajstić information content (AvgIpc) is 3.21. The van der Waals surface area contributed by atoms with E-state index in [4.69, 9.17) is 4.74 Å². The molecule has 1 aromatic heterocycles. The lowest BCUT2D eigenvalue weighted by molar-refractivity contribution is 0.0943. The number of sulfone groups is 1. The summed E-state index contributed by atoms with van der Waals surface area (Å²) in [6, 6.07) is 8.64. The molecule has 0 aliphatic heterocycles. The van der Waals surface area contributed by atoms with Gasteiger partial charge in [0, 0.05) is 29.8 Å². The zero-order valence-corrected chi connectivity index (χ0v) is 17.4. The Morgan fingerprint density at radius 2 is 1.93 bits per heavy atom. The minimum atomic E-state index is -3.26. The Kier molecular flexibility index (Phi) is 6.64. The molecule has 3 rings (SSSR count). The van der Waals surface area contributed by atoms with Crippen molar-refractivity contribution < 1.29 is 17.9 Å². The number of benzene rings is 1. The van der Waals surface area contributed by atoms with Crippen LogP contribution in [0.2, 0.25) is 0 Å². The molecule has 1 amide bonds. The molecule has 1 saturated carbocycles. The largest absolute Gasteiger partial charge is 0.438 e. The fraction of sp³-hybridized carbons (Fsp3) is 0.381. The lowest BCUT2D eigenvalue weighted by Crippen LogP contribution is -2.31. The number of aromatic nitrogens is 2. The first kappa shape index (κ1) is 21.0. The number of hydrogen-bond donors (Lipinski definition) is 1. The number of carbonyl (C=O) groups is 1. The fourth-order valence-electron chi connectivity index (χ4n) is 3.19. The topological polar surface area (TPSA) is 98.2 Å².